The number of ether oxygens (including phenoxy) is 1. The fraction of sp³-hybridized carbons (Fsp3) is 0.438. The van der Waals surface area contributed by atoms with Crippen molar-refractivity contribution in [2.24, 2.45) is 0 Å². The number of hydrogen-bond acceptors (Lipinski definition) is 3. The largest absolute Gasteiger partial charge is 0.371 e. The van der Waals surface area contributed by atoms with Crippen LogP contribution in [-0.2, 0) is 16.0 Å². The molecule has 0 saturated carbocycles. The molecule has 108 valence electrons. The van der Waals surface area contributed by atoms with Crippen LogP contribution in [0.4, 0.5) is 0 Å². The van der Waals surface area contributed by atoms with Gasteiger partial charge in [-0.1, -0.05) is 42.5 Å². The lowest BCUT2D eigenvalue weighted by atomic mass is 10.1. The van der Waals surface area contributed by atoms with Crippen LogP contribution in [0.15, 0.2) is 42.5 Å². The van der Waals surface area contributed by atoms with Crippen LogP contribution in [0.2, 0.25) is 0 Å². The van der Waals surface area contributed by atoms with E-state index in [1.165, 1.54) is 0 Å². The molecule has 1 aromatic rings. The van der Waals surface area contributed by atoms with Crippen molar-refractivity contribution in [2.45, 2.75) is 44.9 Å². The van der Waals surface area contributed by atoms with Crippen LogP contribution in [-0.4, -0.2) is 34.4 Å². The maximum Gasteiger partial charge on any atom is 0.250 e. The summed E-state index contributed by atoms with van der Waals surface area (Å²) in [7, 11) is 0. The van der Waals surface area contributed by atoms with E-state index in [0.717, 1.165) is 10.6 Å². The Kier molecular flexibility index (Phi) is 4.93. The minimum Gasteiger partial charge on any atom is -0.371 e. The summed E-state index contributed by atoms with van der Waals surface area (Å²) in [6.45, 7) is 3.94. The van der Waals surface area contributed by atoms with E-state index >= 15 is 0 Å². The van der Waals surface area contributed by atoms with Gasteiger partial charge in [0.1, 0.15) is 0 Å². The fourth-order valence-electron chi connectivity index (χ4n) is 2.32. The molecular formula is C16H21NO3. The van der Waals surface area contributed by atoms with E-state index in [-0.39, 0.29) is 30.6 Å². The number of carbonyl (C=O) groups excluding carboxylic acids is 1. The predicted octanol–water partition coefficient (Wildman–Crippen LogP) is 2.57. The van der Waals surface area contributed by atoms with E-state index < -0.39 is 0 Å². The summed E-state index contributed by atoms with van der Waals surface area (Å²) < 4.78 is 5.65. The van der Waals surface area contributed by atoms with E-state index in [0.29, 0.717) is 6.42 Å². The maximum absolute atomic E-state index is 12.0. The van der Waals surface area contributed by atoms with Crippen molar-refractivity contribution < 1.29 is 14.7 Å². The number of hydroxylamine groups is 2. The van der Waals surface area contributed by atoms with Crippen molar-refractivity contribution in [3.05, 3.63) is 48.0 Å². The van der Waals surface area contributed by atoms with Crippen LogP contribution in [0.5, 0.6) is 0 Å². The van der Waals surface area contributed by atoms with E-state index in [1.54, 1.807) is 0 Å². The topological polar surface area (TPSA) is 49.8 Å². The van der Waals surface area contributed by atoms with Crippen LogP contribution < -0.4 is 0 Å². The van der Waals surface area contributed by atoms with Crippen LogP contribution in [0.1, 0.15) is 25.8 Å². The van der Waals surface area contributed by atoms with Crippen LogP contribution >= 0.6 is 0 Å². The van der Waals surface area contributed by atoms with Crippen molar-refractivity contribution in [2.75, 3.05) is 0 Å². The first kappa shape index (κ1) is 14.8. The van der Waals surface area contributed by atoms with Gasteiger partial charge in [-0.2, -0.15) is 0 Å². The molecule has 0 heterocycles. The average molecular weight is 275 g/mol. The highest BCUT2D eigenvalue weighted by atomic mass is 16.5. The number of amides is 1. The van der Waals surface area contributed by atoms with Gasteiger partial charge in [0.25, 0.3) is 5.91 Å². The second-order valence-corrected chi connectivity index (χ2v) is 5.31. The first-order chi connectivity index (χ1) is 9.56. The fourth-order valence-corrected chi connectivity index (χ4v) is 2.32. The minimum absolute atomic E-state index is 0.0285. The summed E-state index contributed by atoms with van der Waals surface area (Å²) in [5.74, 6) is -0.295. The highest BCUT2D eigenvalue weighted by Crippen LogP contribution is 2.20. The van der Waals surface area contributed by atoms with Crippen molar-refractivity contribution in [3.8, 4) is 0 Å². The number of nitrogens with zero attached hydrogens (tertiary/aromatic N) is 1. The number of hydrogen-bond donors (Lipinski definition) is 1. The normalized spacial score (nSPS) is 21.4. The monoisotopic (exact) mass is 275 g/mol. The molecule has 0 spiro atoms. The van der Waals surface area contributed by atoms with Crippen LogP contribution in [0.3, 0.4) is 0 Å². The van der Waals surface area contributed by atoms with Crippen molar-refractivity contribution in [1.29, 1.82) is 0 Å². The molecule has 4 nitrogen and oxygen atoms in total. The molecule has 1 N–H and O–H groups in total. The van der Waals surface area contributed by atoms with Crippen LogP contribution in [0.25, 0.3) is 0 Å². The van der Waals surface area contributed by atoms with E-state index in [1.807, 2.05) is 56.3 Å². The molecule has 0 aromatic heterocycles. The molecule has 0 bridgehead atoms. The summed E-state index contributed by atoms with van der Waals surface area (Å²) in [6.07, 6.45) is 4.65. The molecule has 1 aliphatic carbocycles. The second-order valence-electron chi connectivity index (χ2n) is 5.31. The Morgan fingerprint density at radius 1 is 1.35 bits per heavy atom. The van der Waals surface area contributed by atoms with Gasteiger partial charge in [0, 0.05) is 6.42 Å². The number of rotatable bonds is 5. The van der Waals surface area contributed by atoms with Gasteiger partial charge in [0.05, 0.1) is 24.7 Å². The van der Waals surface area contributed by atoms with Gasteiger partial charge in [-0.3, -0.25) is 10.0 Å². The minimum atomic E-state index is -0.296. The first-order valence-corrected chi connectivity index (χ1v) is 6.95. The number of benzene rings is 1. The van der Waals surface area contributed by atoms with Gasteiger partial charge >= 0.3 is 0 Å². The van der Waals surface area contributed by atoms with E-state index in [9.17, 15) is 10.0 Å². The van der Waals surface area contributed by atoms with E-state index in [2.05, 4.69) is 0 Å². The molecule has 4 heteroatoms. The lowest BCUT2D eigenvalue weighted by Gasteiger charge is -2.22. The Morgan fingerprint density at radius 2 is 2.05 bits per heavy atom. The Balaban J connectivity index is 1.87. The standard InChI is InChI=1S/C16H21NO3/c1-12(2)20-15-9-8-14(11-15)17(19)16(18)10-13-6-4-3-5-7-13/h3-9,12,14-15,19H,10-11H2,1-2H3/t14-,15+/m0/s1. The molecule has 0 unspecified atom stereocenters. The number of carbonyl (C=O) groups is 1. The molecule has 20 heavy (non-hydrogen) atoms. The molecule has 1 aromatic carbocycles. The predicted molar refractivity (Wildman–Crippen MR) is 76.3 cm³/mol. The first-order valence-electron chi connectivity index (χ1n) is 6.95. The summed E-state index contributed by atoms with van der Waals surface area (Å²) in [6, 6.07) is 9.12. The third kappa shape index (κ3) is 3.92. The molecule has 1 aliphatic rings. The van der Waals surface area contributed by atoms with Gasteiger partial charge in [-0.05, 0) is 19.4 Å². The zero-order chi connectivity index (χ0) is 14.5. The van der Waals surface area contributed by atoms with Gasteiger partial charge in [-0.15, -0.1) is 0 Å². The molecule has 2 atom stereocenters. The Labute approximate surface area is 119 Å². The highest BCUT2D eigenvalue weighted by Gasteiger charge is 2.27. The highest BCUT2D eigenvalue weighted by molar-refractivity contribution is 5.78. The Morgan fingerprint density at radius 3 is 2.70 bits per heavy atom. The average Bonchev–Trinajstić information content (AvgIpc) is 2.86. The molecule has 1 amide bonds. The third-order valence-electron chi connectivity index (χ3n) is 3.24. The Hall–Kier alpha value is -1.65. The summed E-state index contributed by atoms with van der Waals surface area (Å²) >= 11 is 0. The van der Waals surface area contributed by atoms with Crippen LogP contribution in [0, 0.1) is 0 Å². The maximum atomic E-state index is 12.0. The Bertz CT molecular complexity index is 470. The summed E-state index contributed by atoms with van der Waals surface area (Å²) in [5.41, 5.74) is 0.897. The molecule has 2 rings (SSSR count). The second kappa shape index (κ2) is 6.68. The van der Waals surface area contributed by atoms with Gasteiger partial charge < -0.3 is 4.74 Å². The summed E-state index contributed by atoms with van der Waals surface area (Å²) in [5, 5.41) is 10.8. The van der Waals surface area contributed by atoms with Gasteiger partial charge in [0.15, 0.2) is 0 Å². The molecule has 0 saturated heterocycles. The van der Waals surface area contributed by atoms with Gasteiger partial charge in [-0.25, -0.2) is 5.06 Å². The SMILES string of the molecule is CC(C)O[C@@H]1C=C[C@H](N(O)C(=O)Cc2ccccc2)C1. The van der Waals surface area contributed by atoms with Gasteiger partial charge in [0.2, 0.25) is 0 Å². The molecule has 0 radical (unpaired) electrons. The molecule has 0 fully saturated rings. The smallest absolute Gasteiger partial charge is 0.250 e. The zero-order valence-corrected chi connectivity index (χ0v) is 11.9. The van der Waals surface area contributed by atoms with Crippen molar-refractivity contribution in [3.63, 3.8) is 0 Å². The lowest BCUT2D eigenvalue weighted by molar-refractivity contribution is -0.172. The quantitative estimate of drug-likeness (QED) is 0.510. The third-order valence-corrected chi connectivity index (χ3v) is 3.24. The summed E-state index contributed by atoms with van der Waals surface area (Å²) in [4.78, 5) is 12.0. The van der Waals surface area contributed by atoms with Crippen molar-refractivity contribution in [1.82, 2.24) is 5.06 Å². The lowest BCUT2D eigenvalue weighted by Crippen LogP contribution is -2.37. The van der Waals surface area contributed by atoms with Crippen molar-refractivity contribution >= 4 is 5.91 Å². The zero-order valence-electron chi connectivity index (χ0n) is 11.9. The molecule has 0 aliphatic heterocycles. The molecular weight excluding hydrogens is 254 g/mol. The van der Waals surface area contributed by atoms with E-state index in [4.69, 9.17) is 4.74 Å².